The number of halogens is 5. The fourth-order valence-electron chi connectivity index (χ4n) is 1.52. The van der Waals surface area contributed by atoms with Gasteiger partial charge in [0.25, 0.3) is 10.0 Å². The number of nitrogens with one attached hydrogen (secondary N) is 1. The van der Waals surface area contributed by atoms with Gasteiger partial charge in [-0.1, -0.05) is 58.0 Å². The van der Waals surface area contributed by atoms with Crippen molar-refractivity contribution in [1.29, 1.82) is 0 Å². The summed E-state index contributed by atoms with van der Waals surface area (Å²) in [5.41, 5.74) is -0.230. The van der Waals surface area contributed by atoms with E-state index in [2.05, 4.69) is 4.72 Å². The van der Waals surface area contributed by atoms with E-state index in [1.807, 2.05) is 0 Å². The topological polar surface area (TPSA) is 66.4 Å². The van der Waals surface area contributed by atoms with E-state index in [0.717, 1.165) is 0 Å². The Morgan fingerprint density at radius 2 is 1.27 bits per heavy atom. The molecule has 2 aromatic rings. The molecule has 22 heavy (non-hydrogen) atoms. The van der Waals surface area contributed by atoms with Gasteiger partial charge in [0.1, 0.15) is 10.0 Å². The average Bonchev–Trinajstić information content (AvgIpc) is 2.48. The van der Waals surface area contributed by atoms with E-state index in [9.17, 15) is 13.5 Å². The standard InChI is InChI=1S/C12H6Cl5NO3S/c13-5-1-3-6(4-2-5)22(20,21)18-11-7(14)9(16)12(19)10(17)8(11)15/h1-4,18-19H. The maximum Gasteiger partial charge on any atom is 0.261 e. The summed E-state index contributed by atoms with van der Waals surface area (Å²) in [6.07, 6.45) is 0. The van der Waals surface area contributed by atoms with Gasteiger partial charge in [0.15, 0.2) is 5.75 Å². The van der Waals surface area contributed by atoms with Crippen LogP contribution in [0.2, 0.25) is 25.1 Å². The predicted octanol–water partition coefficient (Wildman–Crippen LogP) is 5.46. The first-order chi connectivity index (χ1) is 10.1. The number of benzene rings is 2. The normalized spacial score (nSPS) is 11.5. The third-order valence-corrected chi connectivity index (χ3v) is 5.90. The summed E-state index contributed by atoms with van der Waals surface area (Å²) in [6.45, 7) is 0. The minimum atomic E-state index is -4.00. The van der Waals surface area contributed by atoms with Crippen LogP contribution < -0.4 is 4.72 Å². The van der Waals surface area contributed by atoms with Gasteiger partial charge in [-0.3, -0.25) is 4.72 Å². The van der Waals surface area contributed by atoms with Crippen LogP contribution in [-0.2, 0) is 10.0 Å². The molecule has 0 unspecified atom stereocenters. The zero-order valence-corrected chi connectivity index (χ0v) is 15.0. The third kappa shape index (κ3) is 3.35. The highest BCUT2D eigenvalue weighted by atomic mass is 35.5. The second kappa shape index (κ2) is 6.51. The first-order valence-electron chi connectivity index (χ1n) is 5.48. The van der Waals surface area contributed by atoms with E-state index < -0.39 is 15.8 Å². The van der Waals surface area contributed by atoms with Crippen molar-refractivity contribution in [2.75, 3.05) is 4.72 Å². The van der Waals surface area contributed by atoms with E-state index in [4.69, 9.17) is 58.0 Å². The van der Waals surface area contributed by atoms with Gasteiger partial charge in [-0.15, -0.1) is 0 Å². The van der Waals surface area contributed by atoms with Crippen molar-refractivity contribution < 1.29 is 13.5 Å². The largest absolute Gasteiger partial charge is 0.505 e. The molecular weight excluding hydrogens is 415 g/mol. The van der Waals surface area contributed by atoms with E-state index in [0.29, 0.717) is 5.02 Å². The van der Waals surface area contributed by atoms with Crippen molar-refractivity contribution >= 4 is 73.7 Å². The predicted molar refractivity (Wildman–Crippen MR) is 90.4 cm³/mol. The number of anilines is 1. The highest BCUT2D eigenvalue weighted by molar-refractivity contribution is 7.92. The van der Waals surface area contributed by atoms with Crippen LogP contribution in [0, 0.1) is 0 Å². The molecule has 0 aliphatic carbocycles. The molecule has 0 saturated heterocycles. The first-order valence-corrected chi connectivity index (χ1v) is 8.85. The Morgan fingerprint density at radius 1 is 0.818 bits per heavy atom. The zero-order valence-electron chi connectivity index (χ0n) is 10.4. The quantitative estimate of drug-likeness (QED) is 0.511. The minimum absolute atomic E-state index is 0.0654. The number of hydrogen-bond acceptors (Lipinski definition) is 3. The molecule has 0 amide bonds. The molecule has 0 aliphatic rings. The lowest BCUT2D eigenvalue weighted by atomic mass is 10.3. The molecule has 0 spiro atoms. The van der Waals surface area contributed by atoms with Crippen LogP contribution >= 0.6 is 58.0 Å². The fraction of sp³-hybridized carbons (Fsp3) is 0. The maximum absolute atomic E-state index is 12.3. The molecular formula is C12H6Cl5NO3S. The van der Waals surface area contributed by atoms with E-state index >= 15 is 0 Å². The van der Waals surface area contributed by atoms with Crippen molar-refractivity contribution in [3.8, 4) is 5.75 Å². The van der Waals surface area contributed by atoms with Crippen LogP contribution in [0.3, 0.4) is 0 Å². The Bertz CT molecular complexity index is 808. The first kappa shape index (κ1) is 17.8. The second-order valence-electron chi connectivity index (χ2n) is 4.04. The maximum atomic E-state index is 12.3. The van der Waals surface area contributed by atoms with Crippen molar-refractivity contribution in [3.05, 3.63) is 49.4 Å². The van der Waals surface area contributed by atoms with Crippen LogP contribution in [0.25, 0.3) is 0 Å². The van der Waals surface area contributed by atoms with Gasteiger partial charge >= 0.3 is 0 Å². The smallest absolute Gasteiger partial charge is 0.261 e. The lowest BCUT2D eigenvalue weighted by molar-refractivity contribution is 0.476. The zero-order chi connectivity index (χ0) is 16.7. The van der Waals surface area contributed by atoms with Gasteiger partial charge < -0.3 is 5.11 Å². The summed E-state index contributed by atoms with van der Waals surface area (Å²) < 4.78 is 26.8. The summed E-state index contributed by atoms with van der Waals surface area (Å²) in [5, 5.41) is 8.82. The molecule has 0 bridgehead atoms. The summed E-state index contributed by atoms with van der Waals surface area (Å²) in [7, 11) is -4.00. The Morgan fingerprint density at radius 3 is 1.73 bits per heavy atom. The van der Waals surface area contributed by atoms with Crippen molar-refractivity contribution in [2.24, 2.45) is 0 Å². The fourth-order valence-corrected chi connectivity index (χ4v) is 3.78. The van der Waals surface area contributed by atoms with Gasteiger partial charge in [-0.05, 0) is 24.3 Å². The Hall–Kier alpha value is -0.560. The molecule has 0 atom stereocenters. The molecule has 118 valence electrons. The highest BCUT2D eigenvalue weighted by Gasteiger charge is 2.24. The molecule has 0 fully saturated rings. The van der Waals surface area contributed by atoms with Crippen molar-refractivity contribution in [3.63, 3.8) is 0 Å². The van der Waals surface area contributed by atoms with Gasteiger partial charge in [0.2, 0.25) is 0 Å². The lowest BCUT2D eigenvalue weighted by Gasteiger charge is -2.14. The SMILES string of the molecule is O=S(=O)(Nc1c(Cl)c(Cl)c(O)c(Cl)c1Cl)c1ccc(Cl)cc1. The lowest BCUT2D eigenvalue weighted by Crippen LogP contribution is -2.13. The van der Waals surface area contributed by atoms with E-state index in [1.165, 1.54) is 24.3 Å². The molecule has 10 heteroatoms. The molecule has 0 radical (unpaired) electrons. The van der Waals surface area contributed by atoms with E-state index in [1.54, 1.807) is 0 Å². The van der Waals surface area contributed by atoms with Crippen LogP contribution in [-0.4, -0.2) is 13.5 Å². The summed E-state index contributed by atoms with van der Waals surface area (Å²) in [4.78, 5) is -0.0654. The molecule has 2 aromatic carbocycles. The van der Waals surface area contributed by atoms with Crippen LogP contribution in [0.1, 0.15) is 0 Å². The monoisotopic (exact) mass is 419 g/mol. The minimum Gasteiger partial charge on any atom is -0.505 e. The molecule has 2 N–H and O–H groups in total. The highest BCUT2D eigenvalue weighted by Crippen LogP contribution is 2.48. The van der Waals surface area contributed by atoms with Crippen LogP contribution in [0.15, 0.2) is 29.2 Å². The molecule has 0 aromatic heterocycles. The van der Waals surface area contributed by atoms with Gasteiger partial charge in [0, 0.05) is 5.02 Å². The second-order valence-corrected chi connectivity index (χ2v) is 7.67. The van der Waals surface area contributed by atoms with E-state index in [-0.39, 0.29) is 30.7 Å². The average molecular weight is 422 g/mol. The molecule has 2 rings (SSSR count). The third-order valence-electron chi connectivity index (χ3n) is 2.60. The van der Waals surface area contributed by atoms with Gasteiger partial charge in [-0.25, -0.2) is 8.42 Å². The van der Waals surface area contributed by atoms with Crippen LogP contribution in [0.4, 0.5) is 5.69 Å². The molecule has 0 aliphatic heterocycles. The Labute approximate surface area is 151 Å². The number of aromatic hydroxyl groups is 1. The number of phenolic OH excluding ortho intramolecular Hbond substituents is 1. The Balaban J connectivity index is 2.53. The summed E-state index contributed by atoms with van der Waals surface area (Å²) in [6, 6.07) is 5.43. The number of rotatable bonds is 3. The van der Waals surface area contributed by atoms with Crippen molar-refractivity contribution in [2.45, 2.75) is 4.90 Å². The number of sulfonamides is 1. The summed E-state index contributed by atoms with van der Waals surface area (Å²) in [5.74, 6) is -0.534. The number of phenols is 1. The summed E-state index contributed by atoms with van der Waals surface area (Å²) >= 11 is 29.1. The van der Waals surface area contributed by atoms with Crippen LogP contribution in [0.5, 0.6) is 5.75 Å². The Kier molecular flexibility index (Phi) is 5.27. The molecule has 0 heterocycles. The van der Waals surface area contributed by atoms with Gasteiger partial charge in [0.05, 0.1) is 20.6 Å². The van der Waals surface area contributed by atoms with Crippen molar-refractivity contribution in [1.82, 2.24) is 0 Å². The molecule has 4 nitrogen and oxygen atoms in total. The number of hydrogen-bond donors (Lipinski definition) is 2. The van der Waals surface area contributed by atoms with Gasteiger partial charge in [-0.2, -0.15) is 0 Å². The molecule has 0 saturated carbocycles.